The van der Waals surface area contributed by atoms with E-state index in [1.807, 2.05) is 36.4 Å². The van der Waals surface area contributed by atoms with Crippen LogP contribution >= 0.6 is 59.1 Å². The highest BCUT2D eigenvalue weighted by molar-refractivity contribution is 9.11. The van der Waals surface area contributed by atoms with Gasteiger partial charge in [-0.2, -0.15) is 0 Å². The summed E-state index contributed by atoms with van der Waals surface area (Å²) in [5, 5.41) is 0. The number of fused-ring (bicyclic) bond motifs is 1. The first-order chi connectivity index (χ1) is 16.2. The molecule has 3 aromatic rings. The number of esters is 1. The van der Waals surface area contributed by atoms with Crippen molar-refractivity contribution in [3.63, 3.8) is 0 Å². The predicted octanol–water partition coefficient (Wildman–Crippen LogP) is 5.09. The molecule has 1 aromatic heterocycles. The molecule has 10 heteroatoms. The SMILES string of the molecule is CCOC(=O)C1=C(C)N=c2s/c(=C\c3cc(Br)c(OC)c(Br)c3)c(=O)n2[C@H]1c1ccc(Br)cc1. The summed E-state index contributed by atoms with van der Waals surface area (Å²) in [4.78, 5) is 31.7. The van der Waals surface area contributed by atoms with Gasteiger partial charge >= 0.3 is 5.97 Å². The van der Waals surface area contributed by atoms with Crippen molar-refractivity contribution in [2.24, 2.45) is 4.99 Å². The molecule has 2 heterocycles. The Morgan fingerprint density at radius 3 is 2.41 bits per heavy atom. The third-order valence-electron chi connectivity index (χ3n) is 5.23. The van der Waals surface area contributed by atoms with Crippen LogP contribution in [-0.4, -0.2) is 24.3 Å². The lowest BCUT2D eigenvalue weighted by atomic mass is 9.96. The van der Waals surface area contributed by atoms with Crippen molar-refractivity contribution in [1.82, 2.24) is 4.57 Å². The van der Waals surface area contributed by atoms with Crippen LogP contribution in [0.3, 0.4) is 0 Å². The zero-order valence-corrected chi connectivity index (χ0v) is 24.0. The van der Waals surface area contributed by atoms with E-state index in [0.717, 1.165) is 24.5 Å². The Morgan fingerprint density at radius 2 is 1.82 bits per heavy atom. The molecule has 1 atom stereocenters. The second kappa shape index (κ2) is 10.3. The Kier molecular flexibility index (Phi) is 7.61. The molecule has 0 aliphatic carbocycles. The van der Waals surface area contributed by atoms with Gasteiger partial charge in [-0.1, -0.05) is 39.4 Å². The van der Waals surface area contributed by atoms with E-state index in [1.54, 1.807) is 31.6 Å². The predicted molar refractivity (Wildman–Crippen MR) is 143 cm³/mol. The van der Waals surface area contributed by atoms with Crippen molar-refractivity contribution in [2.45, 2.75) is 19.9 Å². The molecule has 0 spiro atoms. The third kappa shape index (κ3) is 4.73. The molecule has 34 heavy (non-hydrogen) atoms. The summed E-state index contributed by atoms with van der Waals surface area (Å²) in [6.45, 7) is 3.75. The van der Waals surface area contributed by atoms with Crippen LogP contribution in [0.2, 0.25) is 0 Å². The Hall–Kier alpha value is -2.01. The molecular formula is C24H19Br3N2O4S. The molecule has 6 nitrogen and oxygen atoms in total. The summed E-state index contributed by atoms with van der Waals surface area (Å²) in [7, 11) is 1.59. The smallest absolute Gasteiger partial charge is 0.338 e. The molecule has 1 aliphatic rings. The van der Waals surface area contributed by atoms with E-state index in [1.165, 1.54) is 11.3 Å². The fourth-order valence-electron chi connectivity index (χ4n) is 3.76. The zero-order valence-electron chi connectivity index (χ0n) is 18.4. The molecule has 0 saturated carbocycles. The van der Waals surface area contributed by atoms with Gasteiger partial charge in [0.1, 0.15) is 5.75 Å². The van der Waals surface area contributed by atoms with E-state index in [9.17, 15) is 9.59 Å². The van der Waals surface area contributed by atoms with Gasteiger partial charge in [0.15, 0.2) is 4.80 Å². The van der Waals surface area contributed by atoms with Crippen LogP contribution in [0.25, 0.3) is 6.08 Å². The van der Waals surface area contributed by atoms with Crippen LogP contribution in [-0.2, 0) is 9.53 Å². The summed E-state index contributed by atoms with van der Waals surface area (Å²) < 4.78 is 15.2. The zero-order chi connectivity index (χ0) is 24.6. The number of halogens is 3. The quantitative estimate of drug-likeness (QED) is 0.355. The number of ether oxygens (including phenoxy) is 2. The first kappa shape index (κ1) is 25.1. The Balaban J connectivity index is 1.94. The van der Waals surface area contributed by atoms with E-state index in [-0.39, 0.29) is 12.2 Å². The largest absolute Gasteiger partial charge is 0.494 e. The number of carbonyl (C=O) groups excluding carboxylic acids is 1. The van der Waals surface area contributed by atoms with Crippen LogP contribution < -0.4 is 19.6 Å². The normalized spacial score (nSPS) is 15.7. The van der Waals surface area contributed by atoms with Crippen molar-refractivity contribution in [3.8, 4) is 5.75 Å². The molecule has 0 amide bonds. The van der Waals surface area contributed by atoms with Gasteiger partial charge in [-0.25, -0.2) is 9.79 Å². The summed E-state index contributed by atoms with van der Waals surface area (Å²) in [5.41, 5.74) is 2.27. The molecule has 0 fully saturated rings. The van der Waals surface area contributed by atoms with Crippen LogP contribution in [0.1, 0.15) is 31.0 Å². The fourth-order valence-corrected chi connectivity index (χ4v) is 6.62. The van der Waals surface area contributed by atoms with Crippen molar-refractivity contribution in [3.05, 3.63) is 91.9 Å². The fraction of sp³-hybridized carbons (Fsp3) is 0.208. The summed E-state index contributed by atoms with van der Waals surface area (Å²) in [6.07, 6.45) is 1.81. The second-order valence-electron chi connectivity index (χ2n) is 7.37. The van der Waals surface area contributed by atoms with Gasteiger partial charge in [0.25, 0.3) is 5.56 Å². The van der Waals surface area contributed by atoms with Crippen molar-refractivity contribution >= 4 is 71.2 Å². The molecule has 0 bridgehead atoms. The number of hydrogen-bond acceptors (Lipinski definition) is 6. The first-order valence-corrected chi connectivity index (χ1v) is 13.4. The van der Waals surface area contributed by atoms with Gasteiger partial charge in [-0.3, -0.25) is 9.36 Å². The average molecular weight is 671 g/mol. The number of benzene rings is 2. The minimum atomic E-state index is -0.639. The van der Waals surface area contributed by atoms with Gasteiger partial charge in [-0.15, -0.1) is 0 Å². The average Bonchev–Trinajstić information content (AvgIpc) is 3.08. The Morgan fingerprint density at radius 1 is 1.18 bits per heavy atom. The molecule has 176 valence electrons. The monoisotopic (exact) mass is 668 g/mol. The minimum absolute atomic E-state index is 0.228. The lowest BCUT2D eigenvalue weighted by molar-refractivity contribution is -0.139. The molecule has 0 unspecified atom stereocenters. The molecular weight excluding hydrogens is 652 g/mol. The van der Waals surface area contributed by atoms with Crippen LogP contribution in [0.15, 0.2) is 70.9 Å². The maximum Gasteiger partial charge on any atom is 0.338 e. The second-order valence-corrected chi connectivity index (χ2v) is 11.0. The molecule has 2 aromatic carbocycles. The molecule has 4 rings (SSSR count). The van der Waals surface area contributed by atoms with Gasteiger partial charge < -0.3 is 9.47 Å². The number of carbonyl (C=O) groups is 1. The maximum absolute atomic E-state index is 13.6. The molecule has 0 N–H and O–H groups in total. The van der Waals surface area contributed by atoms with Crippen LogP contribution in [0.5, 0.6) is 5.75 Å². The summed E-state index contributed by atoms with van der Waals surface area (Å²) in [6, 6.07) is 10.7. The topological polar surface area (TPSA) is 69.9 Å². The standard InChI is InChI=1S/C24H19Br3N2O4S/c1-4-33-23(31)19-12(2)28-24-29(20(19)14-5-7-15(25)8-6-14)22(30)18(34-24)11-13-9-16(26)21(32-3)17(27)10-13/h5-11,20H,4H2,1-3H3/b18-11-/t20-/m0/s1. The van der Waals surface area contributed by atoms with Gasteiger partial charge in [-0.05, 0) is 87.2 Å². The highest BCUT2D eigenvalue weighted by Crippen LogP contribution is 2.35. The Bertz CT molecular complexity index is 1470. The van der Waals surface area contributed by atoms with Gasteiger partial charge in [0, 0.05) is 4.47 Å². The lowest BCUT2D eigenvalue weighted by Crippen LogP contribution is -2.39. The van der Waals surface area contributed by atoms with E-state index < -0.39 is 12.0 Å². The molecule has 0 saturated heterocycles. The minimum Gasteiger partial charge on any atom is -0.494 e. The highest BCUT2D eigenvalue weighted by Gasteiger charge is 2.33. The number of thiazole rings is 1. The number of methoxy groups -OCH3 is 1. The van der Waals surface area contributed by atoms with Crippen molar-refractivity contribution < 1.29 is 14.3 Å². The number of nitrogens with zero attached hydrogens (tertiary/aromatic N) is 2. The molecule has 0 radical (unpaired) electrons. The Labute approximate surface area is 225 Å². The van der Waals surface area contributed by atoms with E-state index in [4.69, 9.17) is 9.47 Å². The lowest BCUT2D eigenvalue weighted by Gasteiger charge is -2.24. The highest BCUT2D eigenvalue weighted by atomic mass is 79.9. The summed E-state index contributed by atoms with van der Waals surface area (Å²) >= 11 is 11.7. The number of hydrogen-bond donors (Lipinski definition) is 0. The van der Waals surface area contributed by atoms with Gasteiger partial charge in [0.05, 0.1) is 44.5 Å². The van der Waals surface area contributed by atoms with Crippen molar-refractivity contribution in [2.75, 3.05) is 13.7 Å². The maximum atomic E-state index is 13.6. The van der Waals surface area contributed by atoms with E-state index >= 15 is 0 Å². The third-order valence-corrected chi connectivity index (χ3v) is 7.91. The number of rotatable bonds is 5. The first-order valence-electron chi connectivity index (χ1n) is 10.2. The van der Waals surface area contributed by atoms with Crippen LogP contribution in [0, 0.1) is 0 Å². The van der Waals surface area contributed by atoms with E-state index in [0.29, 0.717) is 26.4 Å². The number of aromatic nitrogens is 1. The van der Waals surface area contributed by atoms with Gasteiger partial charge in [0.2, 0.25) is 0 Å². The number of allylic oxidation sites excluding steroid dienone is 1. The summed E-state index contributed by atoms with van der Waals surface area (Å²) in [5.74, 6) is 0.192. The van der Waals surface area contributed by atoms with E-state index in [2.05, 4.69) is 52.8 Å². The van der Waals surface area contributed by atoms with Crippen molar-refractivity contribution in [1.29, 1.82) is 0 Å². The van der Waals surface area contributed by atoms with Crippen LogP contribution in [0.4, 0.5) is 0 Å². The molecule has 1 aliphatic heterocycles.